The minimum Gasteiger partial charge on any atom is -0.497 e. The molecule has 0 N–H and O–H groups in total. The van der Waals surface area contributed by atoms with Gasteiger partial charge in [0.25, 0.3) is 0 Å². The molecule has 1 aromatic rings. The SMILES string of the molecule is COc1ccc2c(c1)CCCN1C(=O)CC3[C@H](C)[C@@H](C)C[C@]231. The van der Waals surface area contributed by atoms with E-state index in [1.165, 1.54) is 11.1 Å². The molecular formula is C19H25NO2. The molecule has 0 bridgehead atoms. The molecule has 22 heavy (non-hydrogen) atoms. The summed E-state index contributed by atoms with van der Waals surface area (Å²) >= 11 is 0. The highest BCUT2D eigenvalue weighted by Gasteiger charge is 2.61. The Morgan fingerprint density at radius 3 is 2.91 bits per heavy atom. The van der Waals surface area contributed by atoms with Crippen molar-refractivity contribution in [3.63, 3.8) is 0 Å². The van der Waals surface area contributed by atoms with Crippen molar-refractivity contribution in [2.45, 2.75) is 45.1 Å². The van der Waals surface area contributed by atoms with Crippen LogP contribution in [0, 0.1) is 17.8 Å². The van der Waals surface area contributed by atoms with Crippen molar-refractivity contribution in [3.05, 3.63) is 29.3 Å². The van der Waals surface area contributed by atoms with Gasteiger partial charge in [-0.05, 0) is 60.3 Å². The fourth-order valence-electron chi connectivity index (χ4n) is 5.38. The zero-order chi connectivity index (χ0) is 15.5. The molecule has 0 radical (unpaired) electrons. The molecule has 2 heterocycles. The molecule has 2 fully saturated rings. The van der Waals surface area contributed by atoms with E-state index in [4.69, 9.17) is 4.74 Å². The third kappa shape index (κ3) is 1.65. The van der Waals surface area contributed by atoms with Crippen LogP contribution in [0.1, 0.15) is 44.2 Å². The number of aryl methyl sites for hydroxylation is 1. The smallest absolute Gasteiger partial charge is 0.223 e. The summed E-state index contributed by atoms with van der Waals surface area (Å²) in [6, 6.07) is 6.51. The summed E-state index contributed by atoms with van der Waals surface area (Å²) < 4.78 is 5.42. The molecule has 1 amide bonds. The zero-order valence-corrected chi connectivity index (χ0v) is 13.8. The summed E-state index contributed by atoms with van der Waals surface area (Å²) in [4.78, 5) is 14.9. The Kier molecular flexibility index (Phi) is 3.04. The molecule has 1 spiro atoms. The van der Waals surface area contributed by atoms with E-state index in [0.717, 1.165) is 38.0 Å². The number of hydrogen-bond donors (Lipinski definition) is 0. The van der Waals surface area contributed by atoms with Gasteiger partial charge in [0.2, 0.25) is 5.91 Å². The lowest BCUT2D eigenvalue weighted by Crippen LogP contribution is -2.44. The average Bonchev–Trinajstić information content (AvgIpc) is 2.85. The number of ether oxygens (including phenoxy) is 1. The van der Waals surface area contributed by atoms with E-state index in [1.807, 2.05) is 0 Å². The number of hydrogen-bond acceptors (Lipinski definition) is 2. The summed E-state index contributed by atoms with van der Waals surface area (Å²) in [6.45, 7) is 5.61. The number of carbonyl (C=O) groups is 1. The third-order valence-electron chi connectivity index (χ3n) is 6.56. The first-order chi connectivity index (χ1) is 10.6. The van der Waals surface area contributed by atoms with Crippen LogP contribution in [0.15, 0.2) is 18.2 Å². The van der Waals surface area contributed by atoms with Crippen LogP contribution < -0.4 is 4.74 Å². The van der Waals surface area contributed by atoms with Crippen LogP contribution in [0.4, 0.5) is 0 Å². The van der Waals surface area contributed by atoms with Gasteiger partial charge in [-0.2, -0.15) is 0 Å². The van der Waals surface area contributed by atoms with Gasteiger partial charge in [-0.3, -0.25) is 4.79 Å². The first-order valence-electron chi connectivity index (χ1n) is 8.56. The highest BCUT2D eigenvalue weighted by atomic mass is 16.5. The monoisotopic (exact) mass is 299 g/mol. The Hall–Kier alpha value is -1.51. The standard InChI is InChI=1S/C19H25NO2/c1-12-11-19-16-7-6-15(22-3)9-14(16)5-4-8-20(19)18(21)10-17(19)13(12)2/h6-7,9,12-13,17H,4-5,8,10-11H2,1-3H3/t12-,13+,17?,19-/m0/s1. The number of benzene rings is 1. The predicted octanol–water partition coefficient (Wildman–Crippen LogP) is 3.36. The second kappa shape index (κ2) is 4.74. The largest absolute Gasteiger partial charge is 0.497 e. The topological polar surface area (TPSA) is 29.5 Å². The molecule has 0 aromatic heterocycles. The van der Waals surface area contributed by atoms with E-state index in [9.17, 15) is 4.79 Å². The average molecular weight is 299 g/mol. The second-order valence-corrected chi connectivity index (χ2v) is 7.45. The van der Waals surface area contributed by atoms with Crippen molar-refractivity contribution in [1.29, 1.82) is 0 Å². The van der Waals surface area contributed by atoms with E-state index in [1.54, 1.807) is 7.11 Å². The zero-order valence-electron chi connectivity index (χ0n) is 13.8. The lowest BCUT2D eigenvalue weighted by Gasteiger charge is -2.39. The molecule has 3 heteroatoms. The number of nitrogens with zero attached hydrogens (tertiary/aromatic N) is 1. The summed E-state index contributed by atoms with van der Waals surface area (Å²) in [5.41, 5.74) is 2.74. The summed E-state index contributed by atoms with van der Waals surface area (Å²) in [5.74, 6) is 3.06. The number of fused-ring (bicyclic) bond motifs is 1. The van der Waals surface area contributed by atoms with Crippen LogP contribution in [-0.2, 0) is 16.8 Å². The van der Waals surface area contributed by atoms with E-state index < -0.39 is 0 Å². The number of carbonyl (C=O) groups excluding carboxylic acids is 1. The van der Waals surface area contributed by atoms with Crippen molar-refractivity contribution in [3.8, 4) is 5.75 Å². The lowest BCUT2D eigenvalue weighted by molar-refractivity contribution is -0.131. The van der Waals surface area contributed by atoms with Crippen molar-refractivity contribution >= 4 is 5.91 Å². The van der Waals surface area contributed by atoms with Gasteiger partial charge in [-0.25, -0.2) is 0 Å². The van der Waals surface area contributed by atoms with E-state index in [0.29, 0.717) is 23.7 Å². The van der Waals surface area contributed by atoms with Crippen LogP contribution in [-0.4, -0.2) is 24.5 Å². The quantitative estimate of drug-likeness (QED) is 0.796. The minimum atomic E-state index is -0.0476. The number of rotatable bonds is 1. The molecule has 1 unspecified atom stereocenters. The van der Waals surface area contributed by atoms with Gasteiger partial charge < -0.3 is 9.64 Å². The van der Waals surface area contributed by atoms with Crippen molar-refractivity contribution < 1.29 is 9.53 Å². The Labute approximate surface area is 132 Å². The molecule has 4 rings (SSSR count). The maximum atomic E-state index is 12.7. The predicted molar refractivity (Wildman–Crippen MR) is 85.8 cm³/mol. The molecule has 3 nitrogen and oxygen atoms in total. The van der Waals surface area contributed by atoms with Crippen LogP contribution >= 0.6 is 0 Å². The number of methoxy groups -OCH3 is 1. The van der Waals surface area contributed by atoms with Crippen LogP contribution in [0.5, 0.6) is 5.75 Å². The van der Waals surface area contributed by atoms with Crippen molar-refractivity contribution in [2.75, 3.05) is 13.7 Å². The highest BCUT2D eigenvalue weighted by Crippen LogP contribution is 2.60. The van der Waals surface area contributed by atoms with Gasteiger partial charge in [0, 0.05) is 13.0 Å². The molecule has 3 aliphatic rings. The Bertz CT molecular complexity index is 626. The van der Waals surface area contributed by atoms with Gasteiger partial charge in [-0.15, -0.1) is 0 Å². The fourth-order valence-corrected chi connectivity index (χ4v) is 5.38. The molecule has 1 saturated heterocycles. The van der Waals surface area contributed by atoms with E-state index in [-0.39, 0.29) is 5.54 Å². The molecule has 1 aromatic carbocycles. The molecule has 118 valence electrons. The van der Waals surface area contributed by atoms with E-state index >= 15 is 0 Å². The molecule has 2 aliphatic heterocycles. The Balaban J connectivity index is 1.92. The molecule has 1 aliphatic carbocycles. The van der Waals surface area contributed by atoms with Gasteiger partial charge in [0.05, 0.1) is 12.6 Å². The summed E-state index contributed by atoms with van der Waals surface area (Å²) in [6.07, 6.45) is 3.96. The van der Waals surface area contributed by atoms with Crippen molar-refractivity contribution in [1.82, 2.24) is 4.90 Å². The Morgan fingerprint density at radius 2 is 2.14 bits per heavy atom. The van der Waals surface area contributed by atoms with E-state index in [2.05, 4.69) is 36.9 Å². The lowest BCUT2D eigenvalue weighted by atomic mass is 9.77. The summed E-state index contributed by atoms with van der Waals surface area (Å²) in [5, 5.41) is 0. The minimum absolute atomic E-state index is 0.0476. The van der Waals surface area contributed by atoms with Crippen LogP contribution in [0.2, 0.25) is 0 Å². The fraction of sp³-hybridized carbons (Fsp3) is 0.632. The first kappa shape index (κ1) is 14.1. The Morgan fingerprint density at radius 1 is 1.32 bits per heavy atom. The van der Waals surface area contributed by atoms with Crippen LogP contribution in [0.3, 0.4) is 0 Å². The highest BCUT2D eigenvalue weighted by molar-refractivity contribution is 5.81. The third-order valence-corrected chi connectivity index (χ3v) is 6.56. The first-order valence-corrected chi connectivity index (χ1v) is 8.56. The normalized spacial score (nSPS) is 36.6. The maximum Gasteiger partial charge on any atom is 0.223 e. The van der Waals surface area contributed by atoms with Gasteiger partial charge in [0.15, 0.2) is 0 Å². The molecule has 1 saturated carbocycles. The van der Waals surface area contributed by atoms with Crippen LogP contribution in [0.25, 0.3) is 0 Å². The maximum absolute atomic E-state index is 12.7. The molecule has 4 atom stereocenters. The van der Waals surface area contributed by atoms with Gasteiger partial charge in [-0.1, -0.05) is 19.9 Å². The summed E-state index contributed by atoms with van der Waals surface area (Å²) in [7, 11) is 1.73. The second-order valence-electron chi connectivity index (χ2n) is 7.45. The van der Waals surface area contributed by atoms with Gasteiger partial charge in [0.1, 0.15) is 5.75 Å². The van der Waals surface area contributed by atoms with Crippen molar-refractivity contribution in [2.24, 2.45) is 17.8 Å². The molecular weight excluding hydrogens is 274 g/mol. The number of amides is 1. The van der Waals surface area contributed by atoms with Gasteiger partial charge >= 0.3 is 0 Å².